The first-order valence-electron chi connectivity index (χ1n) is 15.6. The Morgan fingerprint density at radius 2 is 0.686 bits per heavy atom. The van der Waals surface area contributed by atoms with Crippen LogP contribution in [0.2, 0.25) is 0 Å². The maximum atomic E-state index is 11.2. The summed E-state index contributed by atoms with van der Waals surface area (Å²) in [5, 5.41) is 0. The lowest BCUT2D eigenvalue weighted by atomic mass is 10.0. The molecule has 0 radical (unpaired) electrons. The third kappa shape index (κ3) is 30.0. The van der Waals surface area contributed by atoms with Crippen molar-refractivity contribution < 1.29 is 17.2 Å². The van der Waals surface area contributed by atoms with Crippen molar-refractivity contribution in [1.82, 2.24) is 0 Å². The standard InChI is InChI=1S/C30H62O4S/c1-3-5-7-9-11-13-15-16-17-18-19-21-23-25-27-29-30(34-35(31,32)33)28-26-24-22-20-14-12-10-8-6-4-2/h30H,3-29H2,1-2H3,(H,31,32,33). The molecule has 0 aliphatic heterocycles. The third-order valence-electron chi connectivity index (χ3n) is 7.27. The van der Waals surface area contributed by atoms with E-state index in [1.165, 1.54) is 135 Å². The van der Waals surface area contributed by atoms with Crippen LogP contribution in [0.4, 0.5) is 0 Å². The van der Waals surface area contributed by atoms with Gasteiger partial charge in [0, 0.05) is 0 Å². The normalized spacial score (nSPS) is 12.9. The summed E-state index contributed by atoms with van der Waals surface area (Å²) in [6.45, 7) is 4.52. The molecule has 35 heavy (non-hydrogen) atoms. The highest BCUT2D eigenvalue weighted by atomic mass is 32.3. The van der Waals surface area contributed by atoms with Gasteiger partial charge in [0.05, 0.1) is 6.10 Å². The fraction of sp³-hybridized carbons (Fsp3) is 1.00. The van der Waals surface area contributed by atoms with Crippen LogP contribution < -0.4 is 0 Å². The number of hydrogen-bond donors (Lipinski definition) is 1. The Morgan fingerprint density at radius 1 is 0.457 bits per heavy atom. The summed E-state index contributed by atoms with van der Waals surface area (Å²) in [4.78, 5) is 0. The zero-order valence-electron chi connectivity index (χ0n) is 23.7. The maximum Gasteiger partial charge on any atom is 0.397 e. The molecule has 1 atom stereocenters. The molecule has 0 aromatic heterocycles. The average molecular weight is 519 g/mol. The number of hydrogen-bond acceptors (Lipinski definition) is 3. The summed E-state index contributed by atoms with van der Waals surface area (Å²) >= 11 is 0. The first-order valence-corrected chi connectivity index (χ1v) is 17.0. The van der Waals surface area contributed by atoms with E-state index in [2.05, 4.69) is 13.8 Å². The summed E-state index contributed by atoms with van der Waals surface area (Å²) < 4.78 is 36.5. The SMILES string of the molecule is CCCCCCCCCCCCCCCCCC(CCCCCCCCCCCC)OS(=O)(=O)O. The molecule has 5 heteroatoms. The zero-order valence-corrected chi connectivity index (χ0v) is 24.6. The highest BCUT2D eigenvalue weighted by Gasteiger charge is 2.16. The molecule has 0 aromatic carbocycles. The summed E-state index contributed by atoms with van der Waals surface area (Å²) in [7, 11) is -4.36. The van der Waals surface area contributed by atoms with Gasteiger partial charge in [-0.25, -0.2) is 4.18 Å². The smallest absolute Gasteiger partial charge is 0.264 e. The predicted molar refractivity (Wildman–Crippen MR) is 152 cm³/mol. The Balaban J connectivity index is 3.62. The Hall–Kier alpha value is -0.130. The number of rotatable bonds is 29. The van der Waals surface area contributed by atoms with Gasteiger partial charge in [-0.15, -0.1) is 0 Å². The van der Waals surface area contributed by atoms with Crippen molar-refractivity contribution in [2.24, 2.45) is 0 Å². The van der Waals surface area contributed by atoms with Crippen LogP contribution in [0.5, 0.6) is 0 Å². The molecule has 0 aliphatic carbocycles. The molecule has 212 valence electrons. The van der Waals surface area contributed by atoms with Crippen LogP contribution in [0, 0.1) is 0 Å². The van der Waals surface area contributed by atoms with E-state index in [0.717, 1.165) is 38.5 Å². The van der Waals surface area contributed by atoms with E-state index in [1.54, 1.807) is 0 Å². The van der Waals surface area contributed by atoms with Crippen molar-refractivity contribution >= 4 is 10.4 Å². The molecule has 0 bridgehead atoms. The van der Waals surface area contributed by atoms with E-state index in [1.807, 2.05) is 0 Å². The van der Waals surface area contributed by atoms with Gasteiger partial charge in [-0.05, 0) is 12.8 Å². The first kappa shape index (κ1) is 34.9. The van der Waals surface area contributed by atoms with E-state index in [4.69, 9.17) is 8.74 Å². The van der Waals surface area contributed by atoms with E-state index in [9.17, 15) is 8.42 Å². The van der Waals surface area contributed by atoms with Gasteiger partial charge in [0.25, 0.3) is 0 Å². The molecule has 0 saturated carbocycles. The van der Waals surface area contributed by atoms with Gasteiger partial charge in [-0.1, -0.05) is 174 Å². The van der Waals surface area contributed by atoms with E-state index < -0.39 is 10.4 Å². The summed E-state index contributed by atoms with van der Waals surface area (Å²) in [5.74, 6) is 0. The molecule has 0 heterocycles. The fourth-order valence-corrected chi connectivity index (χ4v) is 5.55. The molecule has 1 N–H and O–H groups in total. The van der Waals surface area contributed by atoms with E-state index in [-0.39, 0.29) is 6.10 Å². The van der Waals surface area contributed by atoms with Crippen molar-refractivity contribution in [2.75, 3.05) is 0 Å². The van der Waals surface area contributed by atoms with Crippen LogP contribution in [0.3, 0.4) is 0 Å². The lowest BCUT2D eigenvalue weighted by Crippen LogP contribution is -2.18. The Bertz CT molecular complexity index is 506. The minimum atomic E-state index is -4.36. The topological polar surface area (TPSA) is 63.6 Å². The highest BCUT2D eigenvalue weighted by molar-refractivity contribution is 7.80. The highest BCUT2D eigenvalue weighted by Crippen LogP contribution is 2.19. The third-order valence-corrected chi connectivity index (χ3v) is 7.78. The summed E-state index contributed by atoms with van der Waals surface area (Å²) in [6, 6.07) is 0. The molecule has 0 amide bonds. The van der Waals surface area contributed by atoms with Crippen LogP contribution in [0.15, 0.2) is 0 Å². The molecule has 0 aliphatic rings. The zero-order chi connectivity index (χ0) is 25.9. The summed E-state index contributed by atoms with van der Waals surface area (Å²) in [6.07, 6.45) is 33.6. The van der Waals surface area contributed by atoms with Crippen molar-refractivity contribution in [3.63, 3.8) is 0 Å². The Labute approximate surface area is 220 Å². The molecule has 0 fully saturated rings. The van der Waals surface area contributed by atoms with Crippen LogP contribution in [0.1, 0.15) is 187 Å². The van der Waals surface area contributed by atoms with Crippen LogP contribution in [0.25, 0.3) is 0 Å². The molecule has 0 aromatic rings. The Kier molecular flexibility index (Phi) is 26.8. The van der Waals surface area contributed by atoms with E-state index in [0.29, 0.717) is 0 Å². The molecule has 0 spiro atoms. The molecular formula is C30H62O4S. The lowest BCUT2D eigenvalue weighted by Gasteiger charge is -2.15. The van der Waals surface area contributed by atoms with Gasteiger partial charge in [-0.2, -0.15) is 8.42 Å². The second kappa shape index (κ2) is 26.9. The predicted octanol–water partition coefficient (Wildman–Crippen LogP) is 10.7. The van der Waals surface area contributed by atoms with Crippen molar-refractivity contribution in [1.29, 1.82) is 0 Å². The second-order valence-corrected chi connectivity index (χ2v) is 11.9. The van der Waals surface area contributed by atoms with E-state index >= 15 is 0 Å². The first-order chi connectivity index (χ1) is 17.0. The lowest BCUT2D eigenvalue weighted by molar-refractivity contribution is 0.157. The molecule has 1 unspecified atom stereocenters. The van der Waals surface area contributed by atoms with Crippen LogP contribution in [-0.2, 0) is 14.6 Å². The van der Waals surface area contributed by atoms with Gasteiger partial charge in [0.15, 0.2) is 0 Å². The maximum absolute atomic E-state index is 11.2. The fourth-order valence-electron chi connectivity index (χ4n) is 5.02. The summed E-state index contributed by atoms with van der Waals surface area (Å²) in [5.41, 5.74) is 0. The average Bonchev–Trinajstić information content (AvgIpc) is 2.81. The minimum absolute atomic E-state index is 0.360. The molecule has 4 nitrogen and oxygen atoms in total. The molecule has 0 saturated heterocycles. The molecule has 0 rings (SSSR count). The van der Waals surface area contributed by atoms with Gasteiger partial charge in [0.1, 0.15) is 0 Å². The van der Waals surface area contributed by atoms with Crippen molar-refractivity contribution in [2.45, 2.75) is 193 Å². The van der Waals surface area contributed by atoms with Crippen molar-refractivity contribution in [3.8, 4) is 0 Å². The molecular weight excluding hydrogens is 456 g/mol. The second-order valence-electron chi connectivity index (χ2n) is 10.9. The van der Waals surface area contributed by atoms with Crippen LogP contribution >= 0.6 is 0 Å². The van der Waals surface area contributed by atoms with Gasteiger partial charge >= 0.3 is 10.4 Å². The van der Waals surface area contributed by atoms with Gasteiger partial charge in [0.2, 0.25) is 0 Å². The number of unbranched alkanes of at least 4 members (excludes halogenated alkanes) is 23. The largest absolute Gasteiger partial charge is 0.397 e. The monoisotopic (exact) mass is 518 g/mol. The van der Waals surface area contributed by atoms with Crippen molar-refractivity contribution in [3.05, 3.63) is 0 Å². The van der Waals surface area contributed by atoms with Gasteiger partial charge < -0.3 is 0 Å². The Morgan fingerprint density at radius 3 is 0.914 bits per heavy atom. The van der Waals surface area contributed by atoms with Crippen LogP contribution in [-0.4, -0.2) is 19.1 Å². The van der Waals surface area contributed by atoms with Gasteiger partial charge in [-0.3, -0.25) is 4.55 Å². The quantitative estimate of drug-likeness (QED) is 0.0789. The minimum Gasteiger partial charge on any atom is -0.264 e.